The maximum atomic E-state index is 13.4. The van der Waals surface area contributed by atoms with Gasteiger partial charge in [-0.15, -0.1) is 0 Å². The predicted molar refractivity (Wildman–Crippen MR) is 152 cm³/mol. The van der Waals surface area contributed by atoms with E-state index in [2.05, 4.69) is 16.0 Å². The molecule has 0 saturated carbocycles. The lowest BCUT2D eigenvalue weighted by molar-refractivity contribution is -0.134. The summed E-state index contributed by atoms with van der Waals surface area (Å²) in [4.78, 5) is 26.5. The monoisotopic (exact) mass is 525 g/mol. The minimum atomic E-state index is -0.786. The summed E-state index contributed by atoms with van der Waals surface area (Å²) in [5, 5.41) is 20.1. The number of aryl methyl sites for hydroxylation is 1. The molecule has 0 radical (unpaired) electrons. The molecule has 210 valence electrons. The summed E-state index contributed by atoms with van der Waals surface area (Å²) in [5.74, 6) is -0.910. The number of hydrogen-bond acceptors (Lipinski definition) is 5. The van der Waals surface area contributed by atoms with Gasteiger partial charge in [-0.3, -0.25) is 9.59 Å². The third-order valence-electron chi connectivity index (χ3n) is 7.26. The lowest BCUT2D eigenvalue weighted by Crippen LogP contribution is -2.53. The van der Waals surface area contributed by atoms with Gasteiger partial charge in [0.05, 0.1) is 25.4 Å². The number of ether oxygens (including phenoxy) is 1. The van der Waals surface area contributed by atoms with Crippen molar-refractivity contribution in [1.82, 2.24) is 16.0 Å². The van der Waals surface area contributed by atoms with E-state index < -0.39 is 18.1 Å². The molecule has 7 nitrogen and oxygen atoms in total. The predicted octanol–water partition coefficient (Wildman–Crippen LogP) is 3.97. The first-order valence-corrected chi connectivity index (χ1v) is 13.8. The molecule has 5 atom stereocenters. The first-order chi connectivity index (χ1) is 18.2. The van der Waals surface area contributed by atoms with Crippen LogP contribution in [0.3, 0.4) is 0 Å². The van der Waals surface area contributed by atoms with Crippen molar-refractivity contribution in [3.63, 3.8) is 0 Å². The van der Waals surface area contributed by atoms with Gasteiger partial charge in [-0.2, -0.15) is 0 Å². The van der Waals surface area contributed by atoms with E-state index in [1.807, 2.05) is 89.2 Å². The van der Waals surface area contributed by atoms with Gasteiger partial charge in [0.25, 0.3) is 0 Å². The van der Waals surface area contributed by atoms with Gasteiger partial charge in [-0.05, 0) is 43.4 Å². The topological polar surface area (TPSA) is 99.7 Å². The van der Waals surface area contributed by atoms with Gasteiger partial charge < -0.3 is 25.8 Å². The third kappa shape index (κ3) is 10.2. The van der Waals surface area contributed by atoms with Gasteiger partial charge in [-0.25, -0.2) is 0 Å². The lowest BCUT2D eigenvalue weighted by Gasteiger charge is -2.30. The molecule has 0 saturated heterocycles. The second kappa shape index (κ2) is 16.3. The van der Waals surface area contributed by atoms with Crippen molar-refractivity contribution < 1.29 is 19.4 Å². The molecule has 4 N–H and O–H groups in total. The van der Waals surface area contributed by atoms with Gasteiger partial charge in [0.1, 0.15) is 6.04 Å². The number of carbonyl (C=O) groups is 2. The highest BCUT2D eigenvalue weighted by Crippen LogP contribution is 2.21. The van der Waals surface area contributed by atoms with E-state index >= 15 is 0 Å². The summed E-state index contributed by atoms with van der Waals surface area (Å²) in [5.41, 5.74) is 3.23. The second-order valence-electron chi connectivity index (χ2n) is 10.6. The summed E-state index contributed by atoms with van der Waals surface area (Å²) in [6.07, 6.45) is 0.228. The highest BCUT2D eigenvalue weighted by Gasteiger charge is 2.33. The van der Waals surface area contributed by atoms with Crippen LogP contribution in [0.4, 0.5) is 0 Å². The number of aliphatic hydroxyl groups is 1. The molecule has 38 heavy (non-hydrogen) atoms. The molecule has 2 aromatic carbocycles. The van der Waals surface area contributed by atoms with Crippen LogP contribution in [0.2, 0.25) is 0 Å². The largest absolute Gasteiger partial charge is 0.391 e. The number of benzene rings is 2. The van der Waals surface area contributed by atoms with Crippen molar-refractivity contribution in [3.8, 4) is 0 Å². The molecule has 0 bridgehead atoms. The standard InChI is InChI=1S/C31H47N3O4/c1-7-23(5)29(31(37)33-18-24-15-13-22(4)14-16-24)34-30(36)26(21(2)3)17-28(35)27(32-6)20-38-19-25-11-9-8-10-12-25/h8-16,21,23,26-29,32,35H,7,17-20H2,1-6H3,(H,33,37)(H,34,36)/t23-,26-,27-,28-,29-/m0/s1. The van der Waals surface area contributed by atoms with E-state index in [-0.39, 0.29) is 36.1 Å². The molecule has 0 heterocycles. The summed E-state index contributed by atoms with van der Waals surface area (Å²) in [7, 11) is 1.78. The lowest BCUT2D eigenvalue weighted by atomic mass is 9.86. The zero-order valence-electron chi connectivity index (χ0n) is 23.9. The normalized spacial score (nSPS) is 15.4. The van der Waals surface area contributed by atoms with Gasteiger partial charge in [-0.1, -0.05) is 94.3 Å². The Labute approximate surface area is 228 Å². The van der Waals surface area contributed by atoms with Crippen LogP contribution in [0.5, 0.6) is 0 Å². The Morgan fingerprint density at radius 3 is 2.18 bits per heavy atom. The van der Waals surface area contributed by atoms with Crippen LogP contribution in [0.1, 0.15) is 57.2 Å². The minimum absolute atomic E-state index is 0.0133. The molecular formula is C31H47N3O4. The van der Waals surface area contributed by atoms with Crippen molar-refractivity contribution in [1.29, 1.82) is 0 Å². The molecule has 0 aliphatic heterocycles. The average Bonchev–Trinajstić information content (AvgIpc) is 2.91. The number of carbonyl (C=O) groups excluding carboxylic acids is 2. The fraction of sp³-hybridized carbons (Fsp3) is 0.548. The van der Waals surface area contributed by atoms with E-state index in [4.69, 9.17) is 4.74 Å². The minimum Gasteiger partial charge on any atom is -0.391 e. The number of nitrogens with one attached hydrogen (secondary N) is 3. The first kappa shape index (κ1) is 31.5. The SMILES string of the molecule is CC[C@H](C)[C@H](NC(=O)[C@@H](C[C@H](O)[C@H](COCc1ccccc1)NC)C(C)C)C(=O)NCc1ccc(C)cc1. The smallest absolute Gasteiger partial charge is 0.243 e. The number of rotatable bonds is 16. The van der Waals surface area contributed by atoms with E-state index in [9.17, 15) is 14.7 Å². The second-order valence-corrected chi connectivity index (χ2v) is 10.6. The fourth-order valence-corrected chi connectivity index (χ4v) is 4.34. The van der Waals surface area contributed by atoms with Crippen molar-refractivity contribution in [2.45, 2.75) is 78.8 Å². The molecule has 0 fully saturated rings. The van der Waals surface area contributed by atoms with E-state index in [1.54, 1.807) is 7.05 Å². The third-order valence-corrected chi connectivity index (χ3v) is 7.26. The Kier molecular flexibility index (Phi) is 13.5. The Balaban J connectivity index is 1.98. The van der Waals surface area contributed by atoms with E-state index in [1.165, 1.54) is 0 Å². The van der Waals surface area contributed by atoms with Gasteiger partial charge in [0.2, 0.25) is 11.8 Å². The number of amides is 2. The maximum Gasteiger partial charge on any atom is 0.243 e. The first-order valence-electron chi connectivity index (χ1n) is 13.8. The highest BCUT2D eigenvalue weighted by molar-refractivity contribution is 5.88. The van der Waals surface area contributed by atoms with Crippen molar-refractivity contribution in [3.05, 3.63) is 71.3 Å². The maximum absolute atomic E-state index is 13.4. The molecular weight excluding hydrogens is 478 g/mol. The molecule has 0 aliphatic carbocycles. The quantitative estimate of drug-likeness (QED) is 0.266. The molecule has 0 aliphatic rings. The molecule has 7 heteroatoms. The van der Waals surface area contributed by atoms with Crippen molar-refractivity contribution >= 4 is 11.8 Å². The Morgan fingerprint density at radius 1 is 0.947 bits per heavy atom. The van der Waals surface area contributed by atoms with E-state index in [0.717, 1.165) is 23.1 Å². The van der Waals surface area contributed by atoms with Crippen LogP contribution >= 0.6 is 0 Å². The van der Waals surface area contributed by atoms with Crippen molar-refractivity contribution in [2.24, 2.45) is 17.8 Å². The molecule has 0 spiro atoms. The highest BCUT2D eigenvalue weighted by atomic mass is 16.5. The van der Waals surface area contributed by atoms with Crippen LogP contribution in [0.15, 0.2) is 54.6 Å². The molecule has 2 aromatic rings. The van der Waals surface area contributed by atoms with Gasteiger partial charge >= 0.3 is 0 Å². The van der Waals surface area contributed by atoms with Gasteiger partial charge in [0.15, 0.2) is 0 Å². The Morgan fingerprint density at radius 2 is 1.61 bits per heavy atom. The van der Waals surface area contributed by atoms with Crippen LogP contribution in [-0.4, -0.2) is 48.8 Å². The zero-order valence-corrected chi connectivity index (χ0v) is 23.9. The van der Waals surface area contributed by atoms with Crippen LogP contribution in [0, 0.1) is 24.7 Å². The summed E-state index contributed by atoms with van der Waals surface area (Å²) < 4.78 is 5.83. The van der Waals surface area contributed by atoms with Crippen LogP contribution < -0.4 is 16.0 Å². The van der Waals surface area contributed by atoms with Crippen molar-refractivity contribution in [2.75, 3.05) is 13.7 Å². The van der Waals surface area contributed by atoms with Crippen LogP contribution in [0.25, 0.3) is 0 Å². The number of aliphatic hydroxyl groups excluding tert-OH is 1. The summed E-state index contributed by atoms with van der Waals surface area (Å²) in [6, 6.07) is 16.9. The molecule has 0 unspecified atom stereocenters. The summed E-state index contributed by atoms with van der Waals surface area (Å²) in [6.45, 7) is 11.1. The summed E-state index contributed by atoms with van der Waals surface area (Å²) >= 11 is 0. The van der Waals surface area contributed by atoms with Gasteiger partial charge in [0, 0.05) is 12.5 Å². The Hall–Kier alpha value is -2.74. The zero-order chi connectivity index (χ0) is 28.1. The Bertz CT molecular complexity index is 965. The number of hydrogen-bond donors (Lipinski definition) is 4. The average molecular weight is 526 g/mol. The number of likely N-dealkylation sites (N-methyl/N-ethyl adjacent to an activating group) is 1. The molecule has 0 aromatic heterocycles. The molecule has 2 rings (SSSR count). The van der Waals surface area contributed by atoms with Crippen LogP contribution in [-0.2, 0) is 27.5 Å². The fourth-order valence-electron chi connectivity index (χ4n) is 4.34. The van der Waals surface area contributed by atoms with E-state index in [0.29, 0.717) is 19.8 Å². The molecule has 2 amide bonds.